The molecule has 4 heteroatoms. The summed E-state index contributed by atoms with van der Waals surface area (Å²) >= 11 is 5.79. The van der Waals surface area contributed by atoms with Crippen LogP contribution in [-0.4, -0.2) is 28.9 Å². The summed E-state index contributed by atoms with van der Waals surface area (Å²) < 4.78 is 0. The van der Waals surface area contributed by atoms with Gasteiger partial charge in [0.25, 0.3) is 0 Å². The third-order valence-corrected chi connectivity index (χ3v) is 6.63. The van der Waals surface area contributed by atoms with Crippen LogP contribution in [0.1, 0.15) is 46.8 Å². The van der Waals surface area contributed by atoms with Gasteiger partial charge < -0.3 is 10.2 Å². The van der Waals surface area contributed by atoms with Gasteiger partial charge in [-0.3, -0.25) is 4.79 Å². The van der Waals surface area contributed by atoms with Crippen molar-refractivity contribution in [3.05, 3.63) is 108 Å². The monoisotopic (exact) mass is 442 g/mol. The number of nitrogens with zero attached hydrogens (tertiary/aromatic N) is 1. The van der Waals surface area contributed by atoms with Crippen molar-refractivity contribution in [2.75, 3.05) is 13.1 Å². The molecule has 4 rings (SSSR count). The second kappa shape index (κ2) is 11.1. The lowest BCUT2D eigenvalue weighted by Crippen LogP contribution is -2.46. The molecule has 1 fully saturated rings. The van der Waals surface area contributed by atoms with Crippen LogP contribution in [0.15, 0.2) is 91.0 Å². The van der Waals surface area contributed by atoms with Gasteiger partial charge in [0.15, 0.2) is 10.9 Å². The van der Waals surface area contributed by atoms with E-state index < -0.39 is 0 Å². The topological polar surface area (TPSA) is 32.3 Å². The molecule has 0 spiro atoms. The van der Waals surface area contributed by atoms with Crippen LogP contribution in [0.4, 0.5) is 0 Å². The van der Waals surface area contributed by atoms with Crippen LogP contribution in [0.2, 0.25) is 0 Å². The molecule has 164 valence electrons. The number of likely N-dealkylation sites (tertiary alicyclic amines) is 1. The van der Waals surface area contributed by atoms with Crippen LogP contribution in [0.5, 0.6) is 0 Å². The third kappa shape index (κ3) is 6.04. The number of rotatable bonds is 7. The van der Waals surface area contributed by atoms with Crippen molar-refractivity contribution in [1.29, 1.82) is 0 Å². The lowest BCUT2D eigenvalue weighted by Gasteiger charge is -2.35. The molecule has 1 atom stereocenters. The molecule has 0 saturated carbocycles. The highest BCUT2D eigenvalue weighted by molar-refractivity contribution is 7.80. The van der Waals surface area contributed by atoms with Crippen LogP contribution in [0.3, 0.4) is 0 Å². The summed E-state index contributed by atoms with van der Waals surface area (Å²) in [7, 11) is 0. The van der Waals surface area contributed by atoms with E-state index in [1.54, 1.807) is 0 Å². The first-order chi connectivity index (χ1) is 15.7. The molecule has 3 aromatic rings. The maximum atomic E-state index is 12.9. The van der Waals surface area contributed by atoms with Gasteiger partial charge in [-0.2, -0.15) is 0 Å². The van der Waals surface area contributed by atoms with Gasteiger partial charge in [0.2, 0.25) is 0 Å². The Morgan fingerprint density at radius 2 is 1.44 bits per heavy atom. The Balaban J connectivity index is 1.37. The minimum Gasteiger partial charge on any atom is -0.355 e. The van der Waals surface area contributed by atoms with E-state index >= 15 is 0 Å². The van der Waals surface area contributed by atoms with Gasteiger partial charge in [-0.05, 0) is 48.5 Å². The zero-order chi connectivity index (χ0) is 22.2. The summed E-state index contributed by atoms with van der Waals surface area (Å²) in [6.45, 7) is 1.91. The quantitative estimate of drug-likeness (QED) is 0.369. The highest BCUT2D eigenvalue weighted by Crippen LogP contribution is 2.24. The summed E-state index contributed by atoms with van der Waals surface area (Å²) in [6, 6.07) is 30.2. The van der Waals surface area contributed by atoms with Gasteiger partial charge in [0.1, 0.15) is 0 Å². The van der Waals surface area contributed by atoms with E-state index in [0.717, 1.165) is 48.6 Å². The minimum atomic E-state index is -0.140. The summed E-state index contributed by atoms with van der Waals surface area (Å²) in [5.74, 6) is 0.817. The SMILES string of the molecule is O=C(CC(NC(=S)N1CCC(Cc2ccccc2)CC1)c1ccccc1)c1ccccc1. The second-order valence-electron chi connectivity index (χ2n) is 8.53. The Bertz CT molecular complexity index is 999. The van der Waals surface area contributed by atoms with Crippen LogP contribution in [0, 0.1) is 5.92 Å². The van der Waals surface area contributed by atoms with E-state index in [1.165, 1.54) is 5.56 Å². The number of hydrogen-bond donors (Lipinski definition) is 1. The molecule has 1 unspecified atom stereocenters. The molecule has 3 aromatic carbocycles. The normalized spacial score (nSPS) is 15.2. The van der Waals surface area contributed by atoms with Gasteiger partial charge in [-0.25, -0.2) is 0 Å². The van der Waals surface area contributed by atoms with Gasteiger partial charge in [-0.15, -0.1) is 0 Å². The van der Waals surface area contributed by atoms with Crippen LogP contribution < -0.4 is 5.32 Å². The molecular weight excluding hydrogens is 412 g/mol. The fourth-order valence-electron chi connectivity index (χ4n) is 4.39. The van der Waals surface area contributed by atoms with Gasteiger partial charge in [0, 0.05) is 25.1 Å². The van der Waals surface area contributed by atoms with E-state index in [2.05, 4.69) is 52.7 Å². The molecule has 0 aromatic heterocycles. The van der Waals surface area contributed by atoms with Crippen molar-refractivity contribution in [3.8, 4) is 0 Å². The van der Waals surface area contributed by atoms with Crippen molar-refractivity contribution in [2.24, 2.45) is 5.92 Å². The molecule has 32 heavy (non-hydrogen) atoms. The first kappa shape index (κ1) is 22.2. The second-order valence-corrected chi connectivity index (χ2v) is 8.91. The summed E-state index contributed by atoms with van der Waals surface area (Å²) in [5, 5.41) is 4.25. The van der Waals surface area contributed by atoms with Crippen molar-refractivity contribution in [1.82, 2.24) is 10.2 Å². The number of benzene rings is 3. The molecule has 0 radical (unpaired) electrons. The summed E-state index contributed by atoms with van der Waals surface area (Å²) in [5.41, 5.74) is 3.23. The number of thiocarbonyl (C=S) groups is 1. The lowest BCUT2D eigenvalue weighted by atomic mass is 9.90. The van der Waals surface area contributed by atoms with Crippen LogP contribution in [0.25, 0.3) is 0 Å². The van der Waals surface area contributed by atoms with Crippen LogP contribution >= 0.6 is 12.2 Å². The first-order valence-corrected chi connectivity index (χ1v) is 11.8. The first-order valence-electron chi connectivity index (χ1n) is 11.4. The Morgan fingerprint density at radius 1 is 0.875 bits per heavy atom. The van der Waals surface area contributed by atoms with Crippen molar-refractivity contribution < 1.29 is 4.79 Å². The maximum Gasteiger partial charge on any atom is 0.169 e. The number of carbonyl (C=O) groups excluding carboxylic acids is 1. The molecule has 1 aliphatic rings. The molecule has 1 N–H and O–H groups in total. The van der Waals surface area contributed by atoms with Crippen molar-refractivity contribution >= 4 is 23.1 Å². The molecular formula is C28H30N2OS. The predicted molar refractivity (Wildman–Crippen MR) is 135 cm³/mol. The zero-order valence-electron chi connectivity index (χ0n) is 18.3. The standard InChI is InChI=1S/C28H30N2OS/c31-27(25-14-8-3-9-15-25)21-26(24-12-6-2-7-13-24)29-28(32)30-18-16-23(17-19-30)20-22-10-4-1-5-11-22/h1-15,23,26H,16-21H2,(H,29,32). The van der Waals surface area contributed by atoms with Crippen molar-refractivity contribution in [2.45, 2.75) is 31.7 Å². The lowest BCUT2D eigenvalue weighted by molar-refractivity contribution is 0.0971. The number of nitrogens with one attached hydrogen (secondary N) is 1. The Labute approximate surface area is 196 Å². The van der Waals surface area contributed by atoms with Crippen LogP contribution in [-0.2, 0) is 6.42 Å². The third-order valence-electron chi connectivity index (χ3n) is 6.25. The largest absolute Gasteiger partial charge is 0.355 e. The van der Waals surface area contributed by atoms with E-state index in [4.69, 9.17) is 12.2 Å². The van der Waals surface area contributed by atoms with E-state index in [9.17, 15) is 4.79 Å². The van der Waals surface area contributed by atoms with E-state index in [1.807, 2.05) is 48.5 Å². The van der Waals surface area contributed by atoms with Crippen molar-refractivity contribution in [3.63, 3.8) is 0 Å². The van der Waals surface area contributed by atoms with E-state index in [0.29, 0.717) is 12.3 Å². The van der Waals surface area contributed by atoms with Gasteiger partial charge in [0.05, 0.1) is 6.04 Å². The minimum absolute atomic E-state index is 0.122. The fraction of sp³-hybridized carbons (Fsp3) is 0.286. The highest BCUT2D eigenvalue weighted by Gasteiger charge is 2.24. The molecule has 1 aliphatic heterocycles. The Hall–Kier alpha value is -2.98. The average Bonchev–Trinajstić information content (AvgIpc) is 2.85. The summed E-state index contributed by atoms with van der Waals surface area (Å²) in [4.78, 5) is 15.2. The zero-order valence-corrected chi connectivity index (χ0v) is 19.1. The number of hydrogen-bond acceptors (Lipinski definition) is 2. The number of piperidine rings is 1. The van der Waals surface area contributed by atoms with Gasteiger partial charge >= 0.3 is 0 Å². The number of ketones is 1. The molecule has 3 nitrogen and oxygen atoms in total. The molecule has 0 bridgehead atoms. The average molecular weight is 443 g/mol. The number of Topliss-reactive ketones (excluding diaryl/α,β-unsaturated/α-hetero) is 1. The predicted octanol–water partition coefficient (Wildman–Crippen LogP) is 5.83. The molecule has 1 saturated heterocycles. The molecule has 0 amide bonds. The highest BCUT2D eigenvalue weighted by atomic mass is 32.1. The van der Waals surface area contributed by atoms with E-state index in [-0.39, 0.29) is 11.8 Å². The Kier molecular flexibility index (Phi) is 7.68. The van der Waals surface area contributed by atoms with Gasteiger partial charge in [-0.1, -0.05) is 91.0 Å². The fourth-order valence-corrected chi connectivity index (χ4v) is 4.72. The molecule has 1 heterocycles. The smallest absolute Gasteiger partial charge is 0.169 e. The Morgan fingerprint density at radius 3 is 2.06 bits per heavy atom. The molecule has 0 aliphatic carbocycles. The number of carbonyl (C=O) groups is 1. The summed E-state index contributed by atoms with van der Waals surface area (Å²) in [6.07, 6.45) is 3.77. The maximum absolute atomic E-state index is 12.9.